The molecule has 3 amide bonds. The fourth-order valence-corrected chi connectivity index (χ4v) is 2.20. The molecule has 1 fully saturated rings. The van der Waals surface area contributed by atoms with Crippen molar-refractivity contribution in [1.29, 1.82) is 0 Å². The molecule has 0 bridgehead atoms. The topological polar surface area (TPSA) is 95.7 Å². The van der Waals surface area contributed by atoms with Crippen LogP contribution in [0.4, 0.5) is 0 Å². The molecular weight excluding hydrogens is 272 g/mol. The number of carbonyl (C=O) groups is 3. The van der Waals surface area contributed by atoms with Gasteiger partial charge in [0.25, 0.3) is 5.91 Å². The molecule has 21 heavy (non-hydrogen) atoms. The minimum absolute atomic E-state index is 0.0452. The summed E-state index contributed by atoms with van der Waals surface area (Å²) in [7, 11) is 0. The minimum atomic E-state index is -0.371. The van der Waals surface area contributed by atoms with Crippen molar-refractivity contribution in [2.24, 2.45) is 5.84 Å². The second kappa shape index (κ2) is 6.36. The summed E-state index contributed by atoms with van der Waals surface area (Å²) in [6, 6.07) is 6.75. The van der Waals surface area contributed by atoms with Gasteiger partial charge in [-0.15, -0.1) is 0 Å². The summed E-state index contributed by atoms with van der Waals surface area (Å²) in [5.74, 6) is 4.57. The van der Waals surface area contributed by atoms with Gasteiger partial charge in [-0.3, -0.25) is 19.8 Å². The first-order valence-corrected chi connectivity index (χ1v) is 6.70. The summed E-state index contributed by atoms with van der Waals surface area (Å²) in [4.78, 5) is 38.2. The molecule has 0 atom stereocenters. The lowest BCUT2D eigenvalue weighted by Crippen LogP contribution is -2.53. The number of nitrogen functional groups attached to an aromatic ring is 1. The third-order valence-corrected chi connectivity index (χ3v) is 3.46. The number of hydrogen-bond donors (Lipinski definition) is 2. The second-order valence-corrected chi connectivity index (χ2v) is 4.83. The van der Waals surface area contributed by atoms with E-state index in [1.54, 1.807) is 24.3 Å². The number of carbonyl (C=O) groups excluding carboxylic acids is 3. The molecule has 1 heterocycles. The molecule has 0 spiro atoms. The van der Waals surface area contributed by atoms with Gasteiger partial charge < -0.3 is 9.80 Å². The zero-order valence-corrected chi connectivity index (χ0v) is 11.8. The van der Waals surface area contributed by atoms with Crippen molar-refractivity contribution in [1.82, 2.24) is 15.2 Å². The van der Waals surface area contributed by atoms with Crippen LogP contribution in [0.5, 0.6) is 0 Å². The van der Waals surface area contributed by atoms with Crippen LogP contribution in [0.3, 0.4) is 0 Å². The van der Waals surface area contributed by atoms with Crippen molar-refractivity contribution in [2.45, 2.75) is 13.5 Å². The first kappa shape index (κ1) is 15.0. The van der Waals surface area contributed by atoms with Gasteiger partial charge in [-0.05, 0) is 24.6 Å². The molecule has 1 saturated heterocycles. The van der Waals surface area contributed by atoms with Crippen LogP contribution in [0.15, 0.2) is 24.3 Å². The van der Waals surface area contributed by atoms with E-state index in [-0.39, 0.29) is 30.8 Å². The summed E-state index contributed by atoms with van der Waals surface area (Å²) in [5, 5.41) is 0. The standard InChI is InChI=1S/C14H18N4O3/c1-2-17-8-13(20)18(9-12(17)19)7-10-3-5-11(6-4-10)14(21)16-15/h3-6H,2,7-9,15H2,1H3,(H,16,21). The van der Waals surface area contributed by atoms with Gasteiger partial charge in [0.2, 0.25) is 11.8 Å². The van der Waals surface area contributed by atoms with Crippen LogP contribution < -0.4 is 11.3 Å². The molecule has 0 aliphatic carbocycles. The minimum Gasteiger partial charge on any atom is -0.332 e. The predicted molar refractivity (Wildman–Crippen MR) is 75.8 cm³/mol. The number of benzene rings is 1. The molecule has 2 rings (SSSR count). The van der Waals surface area contributed by atoms with E-state index in [2.05, 4.69) is 5.43 Å². The monoisotopic (exact) mass is 290 g/mol. The van der Waals surface area contributed by atoms with Crippen LogP contribution in [0, 0.1) is 0 Å². The number of hydrazine groups is 1. The quantitative estimate of drug-likeness (QED) is 0.443. The van der Waals surface area contributed by atoms with Crippen LogP contribution in [0.25, 0.3) is 0 Å². The molecule has 0 radical (unpaired) electrons. The average molecular weight is 290 g/mol. The summed E-state index contributed by atoms with van der Waals surface area (Å²) in [6.45, 7) is 2.97. The second-order valence-electron chi connectivity index (χ2n) is 4.83. The van der Waals surface area contributed by atoms with Gasteiger partial charge >= 0.3 is 0 Å². The predicted octanol–water partition coefficient (Wildman–Crippen LogP) is -0.519. The Morgan fingerprint density at radius 3 is 2.29 bits per heavy atom. The highest BCUT2D eigenvalue weighted by atomic mass is 16.2. The molecule has 1 aromatic rings. The van der Waals surface area contributed by atoms with Crippen LogP contribution in [0.1, 0.15) is 22.8 Å². The number of rotatable bonds is 4. The maximum Gasteiger partial charge on any atom is 0.265 e. The maximum atomic E-state index is 12.0. The third kappa shape index (κ3) is 3.38. The summed E-state index contributed by atoms with van der Waals surface area (Å²) < 4.78 is 0. The highest BCUT2D eigenvalue weighted by Gasteiger charge is 2.28. The Morgan fingerprint density at radius 2 is 1.71 bits per heavy atom. The number of amides is 3. The summed E-state index contributed by atoms with van der Waals surface area (Å²) >= 11 is 0. The van der Waals surface area contributed by atoms with Crippen molar-refractivity contribution in [3.8, 4) is 0 Å². The Kier molecular flexibility index (Phi) is 4.54. The third-order valence-electron chi connectivity index (χ3n) is 3.46. The van der Waals surface area contributed by atoms with E-state index in [0.717, 1.165) is 5.56 Å². The highest BCUT2D eigenvalue weighted by molar-refractivity contribution is 5.94. The van der Waals surface area contributed by atoms with Gasteiger partial charge in [0.05, 0.1) is 6.54 Å². The van der Waals surface area contributed by atoms with Crippen molar-refractivity contribution < 1.29 is 14.4 Å². The normalized spacial score (nSPS) is 15.3. The Labute approximate surface area is 122 Å². The average Bonchev–Trinajstić information content (AvgIpc) is 2.50. The Hall–Kier alpha value is -2.41. The van der Waals surface area contributed by atoms with Gasteiger partial charge in [0, 0.05) is 18.7 Å². The molecule has 0 aromatic heterocycles. The van der Waals surface area contributed by atoms with E-state index in [0.29, 0.717) is 18.7 Å². The fourth-order valence-electron chi connectivity index (χ4n) is 2.20. The summed E-state index contributed by atoms with van der Waals surface area (Å²) in [5.41, 5.74) is 3.35. The van der Waals surface area contributed by atoms with Crippen LogP contribution >= 0.6 is 0 Å². The van der Waals surface area contributed by atoms with E-state index < -0.39 is 0 Å². The first-order chi connectivity index (χ1) is 10.0. The SMILES string of the molecule is CCN1CC(=O)N(Cc2ccc(C(=O)NN)cc2)CC1=O. The van der Waals surface area contributed by atoms with Crippen LogP contribution in [0.2, 0.25) is 0 Å². The van der Waals surface area contributed by atoms with Crippen molar-refractivity contribution >= 4 is 17.7 Å². The zero-order valence-electron chi connectivity index (χ0n) is 11.8. The first-order valence-electron chi connectivity index (χ1n) is 6.70. The molecule has 1 aliphatic heterocycles. The molecule has 7 heteroatoms. The number of piperazine rings is 1. The fraction of sp³-hybridized carbons (Fsp3) is 0.357. The Balaban J connectivity index is 2.03. The number of hydrogen-bond acceptors (Lipinski definition) is 4. The van der Waals surface area contributed by atoms with E-state index in [9.17, 15) is 14.4 Å². The molecule has 1 aromatic carbocycles. The smallest absolute Gasteiger partial charge is 0.265 e. The molecular formula is C14H18N4O3. The number of nitrogens with two attached hydrogens (primary N) is 1. The van der Waals surface area contributed by atoms with Gasteiger partial charge in [-0.25, -0.2) is 5.84 Å². The largest absolute Gasteiger partial charge is 0.332 e. The van der Waals surface area contributed by atoms with Crippen molar-refractivity contribution in [2.75, 3.05) is 19.6 Å². The Bertz CT molecular complexity index is 556. The summed E-state index contributed by atoms with van der Waals surface area (Å²) in [6.07, 6.45) is 0. The lowest BCUT2D eigenvalue weighted by molar-refractivity contribution is -0.150. The van der Waals surface area contributed by atoms with Gasteiger partial charge in [-0.2, -0.15) is 0 Å². The lowest BCUT2D eigenvalue weighted by Gasteiger charge is -2.33. The number of nitrogens with zero attached hydrogens (tertiary/aromatic N) is 2. The van der Waals surface area contributed by atoms with Gasteiger partial charge in [0.1, 0.15) is 6.54 Å². The highest BCUT2D eigenvalue weighted by Crippen LogP contribution is 2.11. The van der Waals surface area contributed by atoms with E-state index in [4.69, 9.17) is 5.84 Å². The molecule has 3 N–H and O–H groups in total. The molecule has 112 valence electrons. The van der Waals surface area contributed by atoms with E-state index in [1.165, 1.54) is 9.80 Å². The van der Waals surface area contributed by atoms with E-state index in [1.807, 2.05) is 6.92 Å². The number of likely N-dealkylation sites (N-methyl/N-ethyl adjacent to an activating group) is 1. The number of nitrogens with one attached hydrogen (secondary N) is 1. The van der Waals surface area contributed by atoms with Gasteiger partial charge in [0.15, 0.2) is 0 Å². The van der Waals surface area contributed by atoms with Gasteiger partial charge in [-0.1, -0.05) is 12.1 Å². The van der Waals surface area contributed by atoms with Crippen molar-refractivity contribution in [3.63, 3.8) is 0 Å². The molecule has 7 nitrogen and oxygen atoms in total. The van der Waals surface area contributed by atoms with Crippen molar-refractivity contribution in [3.05, 3.63) is 35.4 Å². The van der Waals surface area contributed by atoms with Crippen LogP contribution in [-0.2, 0) is 16.1 Å². The lowest BCUT2D eigenvalue weighted by atomic mass is 10.1. The Morgan fingerprint density at radius 1 is 1.14 bits per heavy atom. The molecule has 1 aliphatic rings. The maximum absolute atomic E-state index is 12.0. The molecule has 0 unspecified atom stereocenters. The zero-order chi connectivity index (χ0) is 15.4. The van der Waals surface area contributed by atoms with E-state index >= 15 is 0 Å². The van der Waals surface area contributed by atoms with Crippen LogP contribution in [-0.4, -0.2) is 47.2 Å². The molecule has 0 saturated carbocycles.